The van der Waals surface area contributed by atoms with Crippen LogP contribution < -0.4 is 5.32 Å². The van der Waals surface area contributed by atoms with E-state index in [-0.39, 0.29) is 0 Å². The molecule has 0 aliphatic heterocycles. The molecule has 1 aliphatic rings. The highest BCUT2D eigenvalue weighted by molar-refractivity contribution is 7.17. The van der Waals surface area contributed by atoms with Gasteiger partial charge in [-0.1, -0.05) is 24.2 Å². The smallest absolute Gasteiger partial charge is 0.347 e. The van der Waals surface area contributed by atoms with Crippen molar-refractivity contribution >= 4 is 22.4 Å². The van der Waals surface area contributed by atoms with Crippen LogP contribution in [0.1, 0.15) is 41.0 Å². The minimum atomic E-state index is -0.888. The summed E-state index contributed by atoms with van der Waals surface area (Å²) in [6, 6.07) is 0. The topological polar surface area (TPSA) is 62.2 Å². The number of nitrogens with zero attached hydrogens (tertiary/aromatic N) is 1. The van der Waals surface area contributed by atoms with Crippen molar-refractivity contribution in [3.8, 4) is 0 Å². The van der Waals surface area contributed by atoms with Gasteiger partial charge in [-0.3, -0.25) is 0 Å². The Morgan fingerprint density at radius 1 is 1.62 bits per heavy atom. The molecule has 0 bridgehead atoms. The molecular weight excluding hydrogens is 224 g/mol. The van der Waals surface area contributed by atoms with Gasteiger partial charge in [-0.05, 0) is 25.7 Å². The molecule has 5 heteroatoms. The average Bonchev–Trinajstić information content (AvgIpc) is 2.97. The lowest BCUT2D eigenvalue weighted by Gasteiger charge is -2.00. The monoisotopic (exact) mass is 240 g/mol. The summed E-state index contributed by atoms with van der Waals surface area (Å²) in [4.78, 5) is 15.3. The number of aromatic nitrogens is 1. The summed E-state index contributed by atoms with van der Waals surface area (Å²) < 4.78 is 0. The Kier molecular flexibility index (Phi) is 3.43. The predicted octanol–water partition coefficient (Wildman–Crippen LogP) is 2.75. The van der Waals surface area contributed by atoms with Crippen LogP contribution in [0.25, 0.3) is 0 Å². The first-order valence-electron chi connectivity index (χ1n) is 5.61. The second-order valence-corrected chi connectivity index (χ2v) is 5.25. The van der Waals surface area contributed by atoms with Crippen LogP contribution in [-0.4, -0.2) is 22.6 Å². The van der Waals surface area contributed by atoms with Crippen molar-refractivity contribution in [1.29, 1.82) is 0 Å². The average molecular weight is 240 g/mol. The minimum absolute atomic E-state index is 0.338. The third-order valence-electron chi connectivity index (χ3n) is 2.75. The molecule has 0 atom stereocenters. The lowest BCUT2D eigenvalue weighted by Crippen LogP contribution is -2.01. The zero-order valence-corrected chi connectivity index (χ0v) is 10.1. The largest absolute Gasteiger partial charge is 0.477 e. The van der Waals surface area contributed by atoms with Gasteiger partial charge in [0.2, 0.25) is 0 Å². The van der Waals surface area contributed by atoms with Crippen LogP contribution in [0.2, 0.25) is 0 Å². The maximum absolute atomic E-state index is 10.8. The Balaban J connectivity index is 1.79. The number of aromatic carboxylic acids is 1. The number of nitrogens with one attached hydrogen (secondary N) is 1. The SMILES string of the molecule is Cc1nc(NCCCC2CC2)sc1C(=O)O. The summed E-state index contributed by atoms with van der Waals surface area (Å²) in [5.41, 5.74) is 0.599. The Morgan fingerprint density at radius 2 is 2.38 bits per heavy atom. The number of hydrogen-bond acceptors (Lipinski definition) is 4. The van der Waals surface area contributed by atoms with Crippen LogP contribution >= 0.6 is 11.3 Å². The fourth-order valence-corrected chi connectivity index (χ4v) is 2.49. The molecule has 0 radical (unpaired) electrons. The number of carboxylic acid groups (broad SMARTS) is 1. The maximum Gasteiger partial charge on any atom is 0.347 e. The Hall–Kier alpha value is -1.10. The highest BCUT2D eigenvalue weighted by atomic mass is 32.1. The van der Waals surface area contributed by atoms with Crippen LogP contribution in [0.5, 0.6) is 0 Å². The maximum atomic E-state index is 10.8. The van der Waals surface area contributed by atoms with Crippen molar-refractivity contribution in [2.24, 2.45) is 5.92 Å². The summed E-state index contributed by atoms with van der Waals surface area (Å²) in [7, 11) is 0. The van der Waals surface area contributed by atoms with Crippen molar-refractivity contribution in [1.82, 2.24) is 4.98 Å². The number of hydrogen-bond donors (Lipinski definition) is 2. The fraction of sp³-hybridized carbons (Fsp3) is 0.636. The molecule has 2 N–H and O–H groups in total. The molecule has 2 rings (SSSR count). The highest BCUT2D eigenvalue weighted by Crippen LogP contribution is 2.33. The molecule has 0 aromatic carbocycles. The van der Waals surface area contributed by atoms with Crippen LogP contribution in [-0.2, 0) is 0 Å². The molecule has 1 saturated carbocycles. The van der Waals surface area contributed by atoms with Gasteiger partial charge in [0, 0.05) is 6.54 Å². The van der Waals surface area contributed by atoms with Gasteiger partial charge < -0.3 is 10.4 Å². The normalized spacial score (nSPS) is 15.1. The first-order valence-corrected chi connectivity index (χ1v) is 6.43. The molecule has 1 fully saturated rings. The molecule has 1 aliphatic carbocycles. The molecule has 0 saturated heterocycles. The summed E-state index contributed by atoms with van der Waals surface area (Å²) >= 11 is 1.22. The molecular formula is C11H16N2O2S. The number of rotatable bonds is 6. The van der Waals surface area contributed by atoms with E-state index in [1.165, 1.54) is 30.6 Å². The molecule has 4 nitrogen and oxygen atoms in total. The van der Waals surface area contributed by atoms with Gasteiger partial charge in [-0.2, -0.15) is 0 Å². The number of aryl methyl sites for hydroxylation is 1. The Bertz CT molecular complexity index is 385. The van der Waals surface area contributed by atoms with Gasteiger partial charge in [-0.25, -0.2) is 9.78 Å². The third kappa shape index (κ3) is 2.95. The van der Waals surface area contributed by atoms with Gasteiger partial charge in [0.15, 0.2) is 5.13 Å². The van der Waals surface area contributed by atoms with Gasteiger partial charge in [0.1, 0.15) is 4.88 Å². The van der Waals surface area contributed by atoms with Crippen molar-refractivity contribution in [3.05, 3.63) is 10.6 Å². The highest BCUT2D eigenvalue weighted by Gasteiger charge is 2.20. The number of carboxylic acids is 1. The summed E-state index contributed by atoms with van der Waals surface area (Å²) in [6.07, 6.45) is 5.20. The molecule has 0 unspecified atom stereocenters. The van der Waals surface area contributed by atoms with Crippen LogP contribution in [0.4, 0.5) is 5.13 Å². The van der Waals surface area contributed by atoms with Crippen molar-refractivity contribution in [2.45, 2.75) is 32.6 Å². The van der Waals surface area contributed by atoms with Gasteiger partial charge in [-0.15, -0.1) is 0 Å². The number of anilines is 1. The second-order valence-electron chi connectivity index (χ2n) is 4.25. The quantitative estimate of drug-likeness (QED) is 0.750. The molecule has 0 spiro atoms. The van der Waals surface area contributed by atoms with E-state index in [2.05, 4.69) is 10.3 Å². The zero-order valence-electron chi connectivity index (χ0n) is 9.32. The van der Waals surface area contributed by atoms with E-state index >= 15 is 0 Å². The molecule has 0 amide bonds. The third-order valence-corrected chi connectivity index (χ3v) is 3.86. The lowest BCUT2D eigenvalue weighted by atomic mass is 10.2. The summed E-state index contributed by atoms with van der Waals surface area (Å²) in [6.45, 7) is 2.62. The van der Waals surface area contributed by atoms with E-state index in [1.807, 2.05) is 0 Å². The lowest BCUT2D eigenvalue weighted by molar-refractivity contribution is 0.0701. The van der Waals surface area contributed by atoms with E-state index in [4.69, 9.17) is 5.11 Å². The Labute approximate surface area is 98.7 Å². The van der Waals surface area contributed by atoms with Crippen LogP contribution in [0.3, 0.4) is 0 Å². The second kappa shape index (κ2) is 4.82. The van der Waals surface area contributed by atoms with Crippen LogP contribution in [0, 0.1) is 12.8 Å². The summed E-state index contributed by atoms with van der Waals surface area (Å²) in [5.74, 6) is 0.0652. The van der Waals surface area contributed by atoms with E-state index in [9.17, 15) is 4.79 Å². The van der Waals surface area contributed by atoms with Gasteiger partial charge >= 0.3 is 5.97 Å². The molecule has 88 valence electrons. The van der Waals surface area contributed by atoms with Crippen molar-refractivity contribution in [3.63, 3.8) is 0 Å². The molecule has 1 heterocycles. The molecule has 1 aromatic heterocycles. The molecule has 1 aromatic rings. The fourth-order valence-electron chi connectivity index (χ4n) is 1.66. The Morgan fingerprint density at radius 3 is 2.94 bits per heavy atom. The van der Waals surface area contributed by atoms with Crippen LogP contribution in [0.15, 0.2) is 0 Å². The van der Waals surface area contributed by atoms with E-state index in [1.54, 1.807) is 6.92 Å². The van der Waals surface area contributed by atoms with E-state index in [0.717, 1.165) is 24.0 Å². The number of thiazole rings is 1. The van der Waals surface area contributed by atoms with E-state index in [0.29, 0.717) is 10.6 Å². The zero-order chi connectivity index (χ0) is 11.5. The minimum Gasteiger partial charge on any atom is -0.477 e. The molecule has 16 heavy (non-hydrogen) atoms. The standard InChI is InChI=1S/C11H16N2O2S/c1-7-9(10(14)15)16-11(13-7)12-6-2-3-8-4-5-8/h8H,2-6H2,1H3,(H,12,13)(H,14,15). The van der Waals surface area contributed by atoms with E-state index < -0.39 is 5.97 Å². The van der Waals surface area contributed by atoms with Gasteiger partial charge in [0.25, 0.3) is 0 Å². The van der Waals surface area contributed by atoms with Gasteiger partial charge in [0.05, 0.1) is 5.69 Å². The predicted molar refractivity (Wildman–Crippen MR) is 64.3 cm³/mol. The number of carbonyl (C=O) groups is 1. The first-order chi connectivity index (χ1) is 7.66. The first kappa shape index (κ1) is 11.4. The summed E-state index contributed by atoms with van der Waals surface area (Å²) in [5, 5.41) is 12.8. The van der Waals surface area contributed by atoms with Crippen molar-refractivity contribution < 1.29 is 9.90 Å². The van der Waals surface area contributed by atoms with Crippen molar-refractivity contribution in [2.75, 3.05) is 11.9 Å².